The van der Waals surface area contributed by atoms with Crippen LogP contribution in [-0.2, 0) is 4.79 Å². The summed E-state index contributed by atoms with van der Waals surface area (Å²) in [5.74, 6) is -1.05. The molecule has 1 aliphatic rings. The average molecular weight is 302 g/mol. The second kappa shape index (κ2) is 5.65. The molecule has 1 amide bonds. The van der Waals surface area contributed by atoms with Gasteiger partial charge in [-0.15, -0.1) is 0 Å². The molecule has 1 aliphatic carbocycles. The van der Waals surface area contributed by atoms with E-state index in [1.807, 2.05) is 18.2 Å². The number of aromatic nitrogens is 1. The summed E-state index contributed by atoms with van der Waals surface area (Å²) in [7, 11) is 0. The van der Waals surface area contributed by atoms with E-state index in [-0.39, 0.29) is 16.7 Å². The molecule has 1 aromatic heterocycles. The number of carbonyl (C=O) groups excluding carboxylic acids is 1. The van der Waals surface area contributed by atoms with Crippen LogP contribution in [0.1, 0.15) is 28.9 Å². The third-order valence-electron chi connectivity index (χ3n) is 3.57. The zero-order valence-electron chi connectivity index (χ0n) is 11.2. The van der Waals surface area contributed by atoms with Crippen LogP contribution in [-0.4, -0.2) is 22.0 Å². The van der Waals surface area contributed by atoms with E-state index in [2.05, 4.69) is 10.3 Å². The van der Waals surface area contributed by atoms with Crippen molar-refractivity contribution in [2.45, 2.75) is 19.3 Å². The van der Waals surface area contributed by atoms with Crippen LogP contribution in [0, 0.1) is 5.92 Å². The van der Waals surface area contributed by atoms with E-state index in [1.165, 1.54) is 0 Å². The van der Waals surface area contributed by atoms with Gasteiger partial charge in [0.15, 0.2) is 5.13 Å². The summed E-state index contributed by atoms with van der Waals surface area (Å²) >= 11 is 1.00. The zero-order chi connectivity index (χ0) is 14.8. The number of aromatic carboxylic acids is 1. The monoisotopic (exact) mass is 302 g/mol. The number of nitrogens with one attached hydrogen (secondary N) is 1. The zero-order valence-corrected chi connectivity index (χ0v) is 12.0. The van der Waals surface area contributed by atoms with Crippen molar-refractivity contribution in [1.29, 1.82) is 0 Å². The number of hydrogen-bond donors (Lipinski definition) is 2. The van der Waals surface area contributed by atoms with Gasteiger partial charge in [-0.3, -0.25) is 4.79 Å². The fraction of sp³-hybridized carbons (Fsp3) is 0.267. The summed E-state index contributed by atoms with van der Waals surface area (Å²) in [6, 6.07) is 9.12. The summed E-state index contributed by atoms with van der Waals surface area (Å²) in [5, 5.41) is 12.4. The standard InChI is InChI=1S/C15H14N2O3S/c18-13(10-7-4-8-10)17-15-16-11(12(21-15)14(19)20)9-5-2-1-3-6-9/h1-3,5-6,10H,4,7-8H2,(H,19,20)(H,16,17,18). The molecule has 0 saturated heterocycles. The second-order valence-corrected chi connectivity index (χ2v) is 5.98. The molecule has 1 heterocycles. The Morgan fingerprint density at radius 3 is 2.52 bits per heavy atom. The lowest BCUT2D eigenvalue weighted by molar-refractivity contribution is -0.122. The van der Waals surface area contributed by atoms with Crippen molar-refractivity contribution >= 4 is 28.3 Å². The molecule has 2 N–H and O–H groups in total. The summed E-state index contributed by atoms with van der Waals surface area (Å²) in [4.78, 5) is 27.7. The van der Waals surface area contributed by atoms with E-state index < -0.39 is 5.97 Å². The number of carboxylic acid groups (broad SMARTS) is 1. The van der Waals surface area contributed by atoms with Gasteiger partial charge in [0.2, 0.25) is 5.91 Å². The van der Waals surface area contributed by atoms with Crippen molar-refractivity contribution in [3.63, 3.8) is 0 Å². The molecular weight excluding hydrogens is 288 g/mol. The van der Waals surface area contributed by atoms with E-state index in [9.17, 15) is 14.7 Å². The van der Waals surface area contributed by atoms with E-state index in [0.29, 0.717) is 10.8 Å². The maximum absolute atomic E-state index is 11.9. The molecule has 1 aromatic carbocycles. The first-order chi connectivity index (χ1) is 10.1. The summed E-state index contributed by atoms with van der Waals surface area (Å²) in [6.45, 7) is 0. The molecule has 0 unspecified atom stereocenters. The Hall–Kier alpha value is -2.21. The second-order valence-electron chi connectivity index (χ2n) is 4.99. The molecule has 2 aromatic rings. The minimum absolute atomic E-state index is 0.0438. The Morgan fingerprint density at radius 1 is 1.24 bits per heavy atom. The van der Waals surface area contributed by atoms with Crippen LogP contribution in [0.15, 0.2) is 30.3 Å². The molecule has 0 spiro atoms. The van der Waals surface area contributed by atoms with Crippen LogP contribution in [0.2, 0.25) is 0 Å². The minimum atomic E-state index is -1.03. The molecule has 1 fully saturated rings. The number of carbonyl (C=O) groups is 2. The van der Waals surface area contributed by atoms with Crippen LogP contribution in [0.3, 0.4) is 0 Å². The fourth-order valence-electron chi connectivity index (χ4n) is 2.19. The molecule has 0 bridgehead atoms. The lowest BCUT2D eigenvalue weighted by atomic mass is 9.85. The van der Waals surface area contributed by atoms with Gasteiger partial charge < -0.3 is 10.4 Å². The highest BCUT2D eigenvalue weighted by atomic mass is 32.1. The van der Waals surface area contributed by atoms with Crippen molar-refractivity contribution in [1.82, 2.24) is 4.98 Å². The van der Waals surface area contributed by atoms with Gasteiger partial charge >= 0.3 is 5.97 Å². The first-order valence-electron chi connectivity index (χ1n) is 6.75. The van der Waals surface area contributed by atoms with Gasteiger partial charge in [0.25, 0.3) is 0 Å². The lowest BCUT2D eigenvalue weighted by Gasteiger charge is -2.23. The normalized spacial score (nSPS) is 14.5. The first kappa shape index (κ1) is 13.8. The van der Waals surface area contributed by atoms with Crippen LogP contribution in [0.5, 0.6) is 0 Å². The number of hydrogen-bond acceptors (Lipinski definition) is 4. The van der Waals surface area contributed by atoms with Gasteiger partial charge in [-0.2, -0.15) is 0 Å². The van der Waals surface area contributed by atoms with Crippen LogP contribution >= 0.6 is 11.3 Å². The predicted octanol–water partition coefficient (Wildman–Crippen LogP) is 3.25. The largest absolute Gasteiger partial charge is 0.477 e. The highest BCUT2D eigenvalue weighted by molar-refractivity contribution is 7.18. The van der Waals surface area contributed by atoms with Crippen LogP contribution in [0.25, 0.3) is 11.3 Å². The number of carboxylic acids is 1. The minimum Gasteiger partial charge on any atom is -0.477 e. The summed E-state index contributed by atoms with van der Waals surface area (Å²) in [5.41, 5.74) is 1.13. The van der Waals surface area contributed by atoms with Gasteiger partial charge in [0.05, 0.1) is 5.69 Å². The Kier molecular flexibility index (Phi) is 3.70. The SMILES string of the molecule is O=C(O)c1sc(NC(=O)C2CCC2)nc1-c1ccccc1. The quantitative estimate of drug-likeness (QED) is 0.908. The molecule has 0 aliphatic heterocycles. The average Bonchev–Trinajstić information content (AvgIpc) is 2.81. The lowest BCUT2D eigenvalue weighted by Crippen LogP contribution is -2.27. The van der Waals surface area contributed by atoms with E-state index in [4.69, 9.17) is 0 Å². The fourth-order valence-corrected chi connectivity index (χ4v) is 3.02. The van der Waals surface area contributed by atoms with E-state index in [1.54, 1.807) is 12.1 Å². The molecule has 108 valence electrons. The van der Waals surface area contributed by atoms with Gasteiger partial charge in [0.1, 0.15) is 4.88 Å². The molecule has 1 saturated carbocycles. The molecule has 0 radical (unpaired) electrons. The smallest absolute Gasteiger partial charge is 0.348 e. The molecular formula is C15H14N2O3S. The first-order valence-corrected chi connectivity index (χ1v) is 7.57. The van der Waals surface area contributed by atoms with Gasteiger partial charge in [-0.1, -0.05) is 48.1 Å². The summed E-state index contributed by atoms with van der Waals surface area (Å²) < 4.78 is 0. The Labute approximate surface area is 125 Å². The van der Waals surface area contributed by atoms with E-state index >= 15 is 0 Å². The Morgan fingerprint density at radius 2 is 1.95 bits per heavy atom. The van der Waals surface area contributed by atoms with Gasteiger partial charge in [0, 0.05) is 11.5 Å². The third kappa shape index (κ3) is 2.80. The number of rotatable bonds is 4. The predicted molar refractivity (Wildman–Crippen MR) is 80.5 cm³/mol. The number of thiazole rings is 1. The topological polar surface area (TPSA) is 79.3 Å². The highest BCUT2D eigenvalue weighted by Crippen LogP contribution is 2.33. The Bertz CT molecular complexity index is 677. The number of nitrogens with zero attached hydrogens (tertiary/aromatic N) is 1. The maximum Gasteiger partial charge on any atom is 0.348 e. The van der Waals surface area contributed by atoms with Crippen LogP contribution < -0.4 is 5.32 Å². The summed E-state index contributed by atoms with van der Waals surface area (Å²) in [6.07, 6.45) is 2.87. The maximum atomic E-state index is 11.9. The van der Waals surface area contributed by atoms with Crippen molar-refractivity contribution < 1.29 is 14.7 Å². The number of amides is 1. The van der Waals surface area contributed by atoms with Gasteiger partial charge in [-0.05, 0) is 12.8 Å². The molecule has 21 heavy (non-hydrogen) atoms. The molecule has 5 nitrogen and oxygen atoms in total. The number of benzene rings is 1. The highest BCUT2D eigenvalue weighted by Gasteiger charge is 2.27. The molecule has 6 heteroatoms. The third-order valence-corrected chi connectivity index (χ3v) is 4.53. The Balaban J connectivity index is 1.89. The van der Waals surface area contributed by atoms with Crippen LogP contribution in [0.4, 0.5) is 5.13 Å². The van der Waals surface area contributed by atoms with Crippen molar-refractivity contribution in [3.05, 3.63) is 35.2 Å². The number of anilines is 1. The van der Waals surface area contributed by atoms with E-state index in [0.717, 1.165) is 36.2 Å². The van der Waals surface area contributed by atoms with Crippen molar-refractivity contribution in [2.24, 2.45) is 5.92 Å². The van der Waals surface area contributed by atoms with Gasteiger partial charge in [-0.25, -0.2) is 9.78 Å². The van der Waals surface area contributed by atoms with Crippen molar-refractivity contribution in [3.8, 4) is 11.3 Å². The molecule has 0 atom stereocenters. The van der Waals surface area contributed by atoms with Crippen molar-refractivity contribution in [2.75, 3.05) is 5.32 Å². The molecule has 3 rings (SSSR count).